The molecule has 0 bridgehead atoms. The molecule has 0 unspecified atom stereocenters. The van der Waals surface area contributed by atoms with Crippen LogP contribution in [0.2, 0.25) is 0 Å². The monoisotopic (exact) mass is 610 g/mol. The smallest absolute Gasteiger partial charge is 0.407 e. The first-order valence-corrected chi connectivity index (χ1v) is 14.9. The van der Waals surface area contributed by atoms with E-state index in [1.165, 1.54) is 0 Å². The zero-order chi connectivity index (χ0) is 32.4. The Morgan fingerprint density at radius 3 is 2.04 bits per heavy atom. The number of benzene rings is 3. The molecule has 0 saturated carbocycles. The highest BCUT2D eigenvalue weighted by molar-refractivity contribution is 6.25. The zero-order valence-electron chi connectivity index (χ0n) is 25.7. The van der Waals surface area contributed by atoms with Crippen LogP contribution in [0, 0.1) is 0 Å². The van der Waals surface area contributed by atoms with E-state index in [2.05, 4.69) is 15.4 Å². The van der Waals surface area contributed by atoms with E-state index in [0.717, 1.165) is 34.0 Å². The van der Waals surface area contributed by atoms with Crippen LogP contribution >= 0.6 is 0 Å². The molecule has 10 heteroatoms. The summed E-state index contributed by atoms with van der Waals surface area (Å²) in [7, 11) is 0. The minimum atomic E-state index is -1.18. The first kappa shape index (κ1) is 32.8. The maximum Gasteiger partial charge on any atom is 0.407 e. The highest BCUT2D eigenvalue weighted by Gasteiger charge is 2.32. The molecule has 2 N–H and O–H groups in total. The molecule has 0 spiro atoms. The van der Waals surface area contributed by atoms with E-state index in [-0.39, 0.29) is 31.8 Å². The number of Topliss-reactive ketones (excluding diaryl/α,β-unsaturated/α-hetero) is 1. The van der Waals surface area contributed by atoms with Crippen molar-refractivity contribution in [3.63, 3.8) is 0 Å². The van der Waals surface area contributed by atoms with Gasteiger partial charge in [-0.3, -0.25) is 9.59 Å². The minimum Gasteiger partial charge on any atom is -0.458 e. The third-order valence-corrected chi connectivity index (χ3v) is 7.41. The van der Waals surface area contributed by atoms with E-state index >= 15 is 0 Å². The number of ketones is 1. The topological polar surface area (TPSA) is 147 Å². The Hall–Kier alpha value is -5.08. The van der Waals surface area contributed by atoms with Crippen molar-refractivity contribution in [2.24, 2.45) is 0 Å². The molecule has 10 nitrogen and oxygen atoms in total. The molecule has 2 atom stereocenters. The number of carbonyl (C=O) groups excluding carboxylic acids is 4. The largest absolute Gasteiger partial charge is 0.458 e. The van der Waals surface area contributed by atoms with Gasteiger partial charge in [0.15, 0.2) is 0 Å². The number of aryl methyl sites for hydroxylation is 1. The summed E-state index contributed by atoms with van der Waals surface area (Å²) in [4.78, 5) is 54.4. The van der Waals surface area contributed by atoms with Crippen molar-refractivity contribution < 1.29 is 33.4 Å². The number of esters is 1. The first-order valence-electron chi connectivity index (χ1n) is 14.9. The summed E-state index contributed by atoms with van der Waals surface area (Å²) >= 11 is 0. The van der Waals surface area contributed by atoms with Crippen molar-refractivity contribution in [2.75, 3.05) is 6.61 Å². The van der Waals surface area contributed by atoms with E-state index in [0.29, 0.717) is 6.42 Å². The number of nitrogens with zero attached hydrogens (tertiary/aromatic N) is 2. The lowest BCUT2D eigenvalue weighted by Gasteiger charge is -2.26. The molecular weight excluding hydrogens is 572 g/mol. The fourth-order valence-electron chi connectivity index (χ4n) is 5.32. The van der Waals surface area contributed by atoms with Gasteiger partial charge in [-0.05, 0) is 67.9 Å². The van der Waals surface area contributed by atoms with Crippen LogP contribution in [0.1, 0.15) is 62.6 Å². The minimum absolute atomic E-state index is 0.0714. The Bertz CT molecular complexity index is 1530. The normalized spacial score (nSPS) is 13.3. The van der Waals surface area contributed by atoms with Crippen LogP contribution in [0.5, 0.6) is 0 Å². The van der Waals surface area contributed by atoms with Crippen LogP contribution in [-0.2, 0) is 30.3 Å². The first-order chi connectivity index (χ1) is 21.6. The van der Waals surface area contributed by atoms with Gasteiger partial charge in [-0.25, -0.2) is 9.59 Å². The van der Waals surface area contributed by atoms with E-state index in [4.69, 9.17) is 15.0 Å². The lowest BCUT2D eigenvalue weighted by atomic mass is 9.98. The summed E-state index contributed by atoms with van der Waals surface area (Å²) in [6, 6.07) is 23.2. The summed E-state index contributed by atoms with van der Waals surface area (Å²) in [5, 5.41) is 5.35. The predicted octanol–water partition coefficient (Wildman–Crippen LogP) is 5.00. The third-order valence-electron chi connectivity index (χ3n) is 7.41. The summed E-state index contributed by atoms with van der Waals surface area (Å²) in [5.74, 6) is -2.04. The Labute approximate surface area is 262 Å². The lowest BCUT2D eigenvalue weighted by molar-refractivity contribution is -0.159. The molecule has 0 aliphatic heterocycles. The summed E-state index contributed by atoms with van der Waals surface area (Å²) in [5.41, 5.74) is 13.1. The third kappa shape index (κ3) is 9.20. The molecule has 0 heterocycles. The second-order valence-corrected chi connectivity index (χ2v) is 11.9. The number of ether oxygens (including phenoxy) is 2. The van der Waals surface area contributed by atoms with Crippen molar-refractivity contribution >= 4 is 30.0 Å². The molecule has 1 aliphatic rings. The average Bonchev–Trinajstić information content (AvgIpc) is 3.33. The van der Waals surface area contributed by atoms with Gasteiger partial charge in [0, 0.05) is 12.3 Å². The number of hydrogen-bond donors (Lipinski definition) is 2. The fraction of sp³-hybridized carbons (Fsp3) is 0.343. The van der Waals surface area contributed by atoms with E-state index in [9.17, 15) is 19.2 Å². The summed E-state index contributed by atoms with van der Waals surface area (Å²) < 4.78 is 11.2. The van der Waals surface area contributed by atoms with Crippen molar-refractivity contribution in [1.29, 1.82) is 0 Å². The number of nitrogens with one attached hydrogen (secondary N) is 2. The molecule has 234 valence electrons. The number of alkyl carbamates (subject to hydrolysis) is 1. The van der Waals surface area contributed by atoms with Crippen molar-refractivity contribution in [2.45, 2.75) is 70.1 Å². The number of carbonyl (C=O) groups is 4. The molecule has 45 heavy (non-hydrogen) atoms. The van der Waals surface area contributed by atoms with E-state index in [1.54, 1.807) is 20.8 Å². The molecule has 3 aromatic carbocycles. The van der Waals surface area contributed by atoms with Gasteiger partial charge < -0.3 is 25.6 Å². The SMILES string of the molecule is CC(C)(C)OC(=O)[C@H](CCC(=O)C=[N+]=[N-])NC(=O)[C@H](CCc1ccccc1)NC(=O)OCC1c2ccccc2-c2ccccc21. The highest BCUT2D eigenvalue weighted by atomic mass is 16.6. The van der Waals surface area contributed by atoms with Crippen molar-refractivity contribution in [1.82, 2.24) is 10.6 Å². The van der Waals surface area contributed by atoms with Crippen LogP contribution in [0.3, 0.4) is 0 Å². The Balaban J connectivity index is 1.48. The van der Waals surface area contributed by atoms with Gasteiger partial charge in [0.05, 0.1) is 0 Å². The predicted molar refractivity (Wildman–Crippen MR) is 168 cm³/mol. The summed E-state index contributed by atoms with van der Waals surface area (Å²) in [6.07, 6.45) is 0.371. The van der Waals surface area contributed by atoms with Gasteiger partial charge in [-0.2, -0.15) is 4.79 Å². The number of amides is 2. The van der Waals surface area contributed by atoms with Crippen molar-refractivity contribution in [3.8, 4) is 11.1 Å². The van der Waals surface area contributed by atoms with E-state index < -0.39 is 41.4 Å². The van der Waals surface area contributed by atoms with Gasteiger partial charge in [-0.1, -0.05) is 78.9 Å². The zero-order valence-corrected chi connectivity index (χ0v) is 25.7. The lowest BCUT2D eigenvalue weighted by Crippen LogP contribution is -2.53. The van der Waals surface area contributed by atoms with Crippen LogP contribution in [-0.4, -0.2) is 59.0 Å². The van der Waals surface area contributed by atoms with Gasteiger partial charge >= 0.3 is 18.3 Å². The number of rotatable bonds is 13. The molecule has 2 amide bonds. The molecule has 0 fully saturated rings. The second-order valence-electron chi connectivity index (χ2n) is 11.9. The van der Waals surface area contributed by atoms with Crippen LogP contribution in [0.25, 0.3) is 16.7 Å². The average molecular weight is 611 g/mol. The summed E-state index contributed by atoms with van der Waals surface area (Å²) in [6.45, 7) is 5.14. The maximum atomic E-state index is 13.6. The van der Waals surface area contributed by atoms with Gasteiger partial charge in [0.2, 0.25) is 11.7 Å². The molecule has 0 saturated heterocycles. The standard InChI is InChI=1S/C35H38N4O6/c1-35(2,3)45-33(42)31(20-18-24(40)21-37-36)38-32(41)30(19-17-23-11-5-4-6-12-23)39-34(43)44-22-29-27-15-9-7-13-25(27)26-14-8-10-16-28(26)29/h4-16,21,29-31H,17-20,22H2,1-3H3,(H,38,41)(H,39,43)/t30-,31-/m0/s1. The Morgan fingerprint density at radius 1 is 0.844 bits per heavy atom. The Morgan fingerprint density at radius 2 is 1.44 bits per heavy atom. The van der Waals surface area contributed by atoms with Gasteiger partial charge in [0.1, 0.15) is 24.3 Å². The van der Waals surface area contributed by atoms with Crippen LogP contribution in [0.4, 0.5) is 4.79 Å². The van der Waals surface area contributed by atoms with Gasteiger partial charge in [-0.15, -0.1) is 0 Å². The fourth-order valence-corrected chi connectivity index (χ4v) is 5.32. The van der Waals surface area contributed by atoms with E-state index in [1.807, 2.05) is 78.9 Å². The molecule has 3 aromatic rings. The highest BCUT2D eigenvalue weighted by Crippen LogP contribution is 2.44. The Kier molecular flexibility index (Phi) is 11.0. The van der Waals surface area contributed by atoms with Crippen molar-refractivity contribution in [3.05, 3.63) is 101 Å². The number of hydrogen-bond acceptors (Lipinski definition) is 6. The maximum absolute atomic E-state index is 13.6. The quantitative estimate of drug-likeness (QED) is 0.120. The molecule has 0 aromatic heterocycles. The van der Waals surface area contributed by atoms with Crippen LogP contribution < -0.4 is 10.6 Å². The molecule has 1 aliphatic carbocycles. The second kappa shape index (κ2) is 15.1. The van der Waals surface area contributed by atoms with Crippen LogP contribution in [0.15, 0.2) is 78.9 Å². The molecule has 4 rings (SSSR count). The molecular formula is C35H38N4O6. The van der Waals surface area contributed by atoms with Gasteiger partial charge in [0.25, 0.3) is 0 Å². The number of fused-ring (bicyclic) bond motifs is 3. The molecule has 0 radical (unpaired) electrons.